The summed E-state index contributed by atoms with van der Waals surface area (Å²) in [6.45, 7) is 6.07. The SMILES string of the molecule is COCC(=O)N1CCN(c2cc(Oc3cc(C)ccc3Cl)ncn2)C[C@@H]1C. The van der Waals surface area contributed by atoms with Crippen LogP contribution in [0.2, 0.25) is 5.02 Å². The molecule has 27 heavy (non-hydrogen) atoms. The standard InChI is InChI=1S/C19H23ClN4O3/c1-13-4-5-15(20)16(8-13)27-18-9-17(21-12-22-18)23-6-7-24(14(2)10-23)19(25)11-26-3/h4-5,8-9,12,14H,6-7,10-11H2,1-3H3/t14-/m0/s1. The summed E-state index contributed by atoms with van der Waals surface area (Å²) in [7, 11) is 1.53. The van der Waals surface area contributed by atoms with Crippen LogP contribution in [-0.4, -0.2) is 60.2 Å². The topological polar surface area (TPSA) is 67.8 Å². The molecule has 0 aliphatic carbocycles. The van der Waals surface area contributed by atoms with Gasteiger partial charge in [0.15, 0.2) is 0 Å². The molecule has 2 aromatic rings. The zero-order valence-electron chi connectivity index (χ0n) is 15.7. The first-order chi connectivity index (χ1) is 13.0. The Hall–Kier alpha value is -2.38. The van der Waals surface area contributed by atoms with Crippen LogP contribution >= 0.6 is 11.6 Å². The van der Waals surface area contributed by atoms with Gasteiger partial charge in [0, 0.05) is 38.9 Å². The van der Waals surface area contributed by atoms with Crippen molar-refractivity contribution in [1.29, 1.82) is 0 Å². The highest BCUT2D eigenvalue weighted by molar-refractivity contribution is 6.32. The van der Waals surface area contributed by atoms with Crippen LogP contribution in [0, 0.1) is 6.92 Å². The Morgan fingerprint density at radius 2 is 2.11 bits per heavy atom. The fourth-order valence-electron chi connectivity index (χ4n) is 3.10. The number of hydrogen-bond donors (Lipinski definition) is 0. The number of carbonyl (C=O) groups excluding carboxylic acids is 1. The number of rotatable bonds is 5. The summed E-state index contributed by atoms with van der Waals surface area (Å²) in [5.41, 5.74) is 1.05. The van der Waals surface area contributed by atoms with Gasteiger partial charge in [0.25, 0.3) is 0 Å². The largest absolute Gasteiger partial charge is 0.437 e. The third-order valence-electron chi connectivity index (χ3n) is 4.47. The van der Waals surface area contributed by atoms with E-state index in [4.69, 9.17) is 21.1 Å². The zero-order valence-corrected chi connectivity index (χ0v) is 16.4. The molecule has 0 radical (unpaired) electrons. The van der Waals surface area contributed by atoms with E-state index in [9.17, 15) is 4.79 Å². The van der Waals surface area contributed by atoms with Crippen LogP contribution in [0.25, 0.3) is 0 Å². The Morgan fingerprint density at radius 3 is 2.85 bits per heavy atom. The number of amides is 1. The summed E-state index contributed by atoms with van der Waals surface area (Å²) in [6.07, 6.45) is 1.47. The number of halogens is 1. The third kappa shape index (κ3) is 4.67. The van der Waals surface area contributed by atoms with Crippen molar-refractivity contribution in [2.45, 2.75) is 19.9 Å². The van der Waals surface area contributed by atoms with E-state index >= 15 is 0 Å². The second-order valence-corrected chi connectivity index (χ2v) is 6.97. The molecule has 1 aliphatic rings. The lowest BCUT2D eigenvalue weighted by Crippen LogP contribution is -2.55. The van der Waals surface area contributed by atoms with E-state index in [0.717, 1.165) is 11.4 Å². The van der Waals surface area contributed by atoms with Crippen molar-refractivity contribution in [3.05, 3.63) is 41.2 Å². The van der Waals surface area contributed by atoms with Gasteiger partial charge in [0.2, 0.25) is 11.8 Å². The fraction of sp³-hybridized carbons (Fsp3) is 0.421. The van der Waals surface area contributed by atoms with Gasteiger partial charge in [-0.1, -0.05) is 17.7 Å². The zero-order chi connectivity index (χ0) is 19.4. The van der Waals surface area contributed by atoms with Crippen molar-refractivity contribution in [3.8, 4) is 11.6 Å². The summed E-state index contributed by atoms with van der Waals surface area (Å²) in [6, 6.07) is 7.44. The molecule has 1 saturated heterocycles. The van der Waals surface area contributed by atoms with E-state index < -0.39 is 0 Å². The predicted molar refractivity (Wildman–Crippen MR) is 104 cm³/mol. The summed E-state index contributed by atoms with van der Waals surface area (Å²) in [5.74, 6) is 1.75. The average molecular weight is 391 g/mol. The molecule has 1 aliphatic heterocycles. The lowest BCUT2D eigenvalue weighted by Gasteiger charge is -2.40. The van der Waals surface area contributed by atoms with Gasteiger partial charge in [-0.05, 0) is 31.5 Å². The lowest BCUT2D eigenvalue weighted by molar-refractivity contribution is -0.137. The number of piperazine rings is 1. The molecule has 1 atom stereocenters. The second kappa shape index (κ2) is 8.54. The first-order valence-electron chi connectivity index (χ1n) is 8.77. The molecule has 3 rings (SSSR count). The Bertz CT molecular complexity index is 817. The maximum atomic E-state index is 12.1. The minimum Gasteiger partial charge on any atom is -0.437 e. The molecule has 0 spiro atoms. The Morgan fingerprint density at radius 1 is 1.30 bits per heavy atom. The molecular formula is C19H23ClN4O3. The molecule has 1 aromatic carbocycles. The molecule has 1 aromatic heterocycles. The van der Waals surface area contributed by atoms with Gasteiger partial charge < -0.3 is 19.3 Å². The van der Waals surface area contributed by atoms with Gasteiger partial charge in [-0.3, -0.25) is 4.79 Å². The molecule has 0 N–H and O–H groups in total. The summed E-state index contributed by atoms with van der Waals surface area (Å²) in [5, 5.41) is 0.527. The van der Waals surface area contributed by atoms with E-state index in [1.165, 1.54) is 13.4 Å². The van der Waals surface area contributed by atoms with Gasteiger partial charge in [-0.2, -0.15) is 0 Å². The first-order valence-corrected chi connectivity index (χ1v) is 9.15. The molecule has 2 heterocycles. The van der Waals surface area contributed by atoms with Crippen molar-refractivity contribution in [2.24, 2.45) is 0 Å². The second-order valence-electron chi connectivity index (χ2n) is 6.57. The maximum absolute atomic E-state index is 12.1. The van der Waals surface area contributed by atoms with E-state index in [0.29, 0.717) is 36.3 Å². The van der Waals surface area contributed by atoms with Crippen molar-refractivity contribution in [1.82, 2.24) is 14.9 Å². The van der Waals surface area contributed by atoms with Crippen LogP contribution < -0.4 is 9.64 Å². The minimum atomic E-state index is 0.00505. The summed E-state index contributed by atoms with van der Waals surface area (Å²) < 4.78 is 10.8. The van der Waals surface area contributed by atoms with Gasteiger partial charge in [0.1, 0.15) is 24.5 Å². The van der Waals surface area contributed by atoms with Crippen LogP contribution in [0.5, 0.6) is 11.6 Å². The van der Waals surface area contributed by atoms with Crippen LogP contribution in [0.15, 0.2) is 30.6 Å². The highest BCUT2D eigenvalue weighted by atomic mass is 35.5. The number of methoxy groups -OCH3 is 1. The van der Waals surface area contributed by atoms with Crippen LogP contribution in [0.4, 0.5) is 5.82 Å². The highest BCUT2D eigenvalue weighted by Crippen LogP contribution is 2.30. The van der Waals surface area contributed by atoms with Crippen molar-refractivity contribution < 1.29 is 14.3 Å². The number of benzene rings is 1. The summed E-state index contributed by atoms with van der Waals surface area (Å²) >= 11 is 6.20. The number of ether oxygens (including phenoxy) is 2. The lowest BCUT2D eigenvalue weighted by atomic mass is 10.2. The quantitative estimate of drug-likeness (QED) is 0.782. The number of nitrogens with zero attached hydrogens (tertiary/aromatic N) is 4. The number of aryl methyl sites for hydroxylation is 1. The number of aromatic nitrogens is 2. The summed E-state index contributed by atoms with van der Waals surface area (Å²) in [4.78, 5) is 24.6. The first kappa shape index (κ1) is 19.4. The van der Waals surface area contributed by atoms with E-state index in [1.54, 1.807) is 12.1 Å². The Balaban J connectivity index is 1.71. The Labute approximate surface area is 163 Å². The fourth-order valence-corrected chi connectivity index (χ4v) is 3.26. The van der Waals surface area contributed by atoms with Crippen molar-refractivity contribution >= 4 is 23.3 Å². The maximum Gasteiger partial charge on any atom is 0.248 e. The van der Waals surface area contributed by atoms with E-state index in [-0.39, 0.29) is 18.6 Å². The highest BCUT2D eigenvalue weighted by Gasteiger charge is 2.28. The van der Waals surface area contributed by atoms with Crippen molar-refractivity contribution in [2.75, 3.05) is 38.3 Å². The third-order valence-corrected chi connectivity index (χ3v) is 4.78. The van der Waals surface area contributed by atoms with Gasteiger partial charge in [0.05, 0.1) is 5.02 Å². The van der Waals surface area contributed by atoms with E-state index in [1.807, 2.05) is 30.9 Å². The molecule has 0 saturated carbocycles. The smallest absolute Gasteiger partial charge is 0.248 e. The predicted octanol–water partition coefficient (Wildman–Crippen LogP) is 2.91. The molecule has 8 heteroatoms. The van der Waals surface area contributed by atoms with Gasteiger partial charge >= 0.3 is 0 Å². The van der Waals surface area contributed by atoms with Crippen molar-refractivity contribution in [3.63, 3.8) is 0 Å². The normalized spacial score (nSPS) is 17.1. The minimum absolute atomic E-state index is 0.00505. The molecule has 1 amide bonds. The van der Waals surface area contributed by atoms with E-state index in [2.05, 4.69) is 14.9 Å². The number of carbonyl (C=O) groups is 1. The average Bonchev–Trinajstić information content (AvgIpc) is 2.65. The molecule has 0 bridgehead atoms. The van der Waals surface area contributed by atoms with Crippen LogP contribution in [0.1, 0.15) is 12.5 Å². The molecule has 0 unspecified atom stereocenters. The Kier molecular flexibility index (Phi) is 6.13. The number of anilines is 1. The van der Waals surface area contributed by atoms with Gasteiger partial charge in [-0.25, -0.2) is 9.97 Å². The van der Waals surface area contributed by atoms with Crippen LogP contribution in [-0.2, 0) is 9.53 Å². The van der Waals surface area contributed by atoms with Crippen LogP contribution in [0.3, 0.4) is 0 Å². The molecular weight excluding hydrogens is 368 g/mol. The molecule has 7 nitrogen and oxygen atoms in total. The number of hydrogen-bond acceptors (Lipinski definition) is 6. The monoisotopic (exact) mass is 390 g/mol. The molecule has 144 valence electrons. The molecule has 1 fully saturated rings. The van der Waals surface area contributed by atoms with Gasteiger partial charge in [-0.15, -0.1) is 0 Å².